The first-order chi connectivity index (χ1) is 14.5. The normalized spacial score (nSPS) is 10.5. The molecule has 0 bridgehead atoms. The van der Waals surface area contributed by atoms with E-state index in [1.54, 1.807) is 32.4 Å². The summed E-state index contributed by atoms with van der Waals surface area (Å²) >= 11 is 1.14. The number of ether oxygens (including phenoxy) is 2. The highest BCUT2D eigenvalue weighted by molar-refractivity contribution is 7.16. The van der Waals surface area contributed by atoms with Gasteiger partial charge in [-0.1, -0.05) is 12.1 Å². The number of nitrogens with zero attached hydrogens (tertiary/aromatic N) is 4. The number of aryl methyl sites for hydroxylation is 1. The number of thiazole rings is 1. The van der Waals surface area contributed by atoms with Crippen LogP contribution in [0, 0.1) is 6.92 Å². The standard InChI is InChI=1S/C21H22N4O4S/c1-4-28-16-8-6-15(7-9-16)12-25(3)17(26)13-29-21(27)18-14(2)24-20(30-18)19-22-10-5-11-23-19/h5-11H,4,12-13H2,1-3H3. The van der Waals surface area contributed by atoms with Crippen LogP contribution in [-0.4, -0.2) is 52.0 Å². The first kappa shape index (κ1) is 21.4. The topological polar surface area (TPSA) is 94.5 Å². The Hall–Kier alpha value is -3.33. The van der Waals surface area contributed by atoms with Crippen LogP contribution in [0.1, 0.15) is 27.9 Å². The molecule has 9 heteroatoms. The third kappa shape index (κ3) is 5.38. The summed E-state index contributed by atoms with van der Waals surface area (Å²) < 4.78 is 10.6. The van der Waals surface area contributed by atoms with Gasteiger partial charge in [0.2, 0.25) is 0 Å². The predicted octanol–water partition coefficient (Wildman–Crippen LogP) is 3.12. The molecule has 0 aliphatic rings. The number of rotatable bonds is 8. The molecule has 0 aliphatic carbocycles. The average Bonchev–Trinajstić information content (AvgIpc) is 3.15. The first-order valence-electron chi connectivity index (χ1n) is 9.35. The summed E-state index contributed by atoms with van der Waals surface area (Å²) in [4.78, 5) is 39.2. The molecule has 0 saturated carbocycles. The van der Waals surface area contributed by atoms with Crippen LogP contribution in [0.25, 0.3) is 10.8 Å². The predicted molar refractivity (Wildman–Crippen MR) is 112 cm³/mol. The maximum Gasteiger partial charge on any atom is 0.350 e. The molecule has 3 rings (SSSR count). The van der Waals surface area contributed by atoms with Crippen molar-refractivity contribution in [3.05, 3.63) is 58.9 Å². The molecule has 1 aromatic carbocycles. The van der Waals surface area contributed by atoms with Gasteiger partial charge in [-0.25, -0.2) is 19.7 Å². The number of carbonyl (C=O) groups excluding carboxylic acids is 2. The fourth-order valence-corrected chi connectivity index (χ4v) is 3.52. The van der Waals surface area contributed by atoms with Crippen LogP contribution in [0.2, 0.25) is 0 Å². The van der Waals surface area contributed by atoms with Crippen molar-refractivity contribution in [2.45, 2.75) is 20.4 Å². The lowest BCUT2D eigenvalue weighted by Gasteiger charge is -2.17. The van der Waals surface area contributed by atoms with E-state index < -0.39 is 5.97 Å². The van der Waals surface area contributed by atoms with E-state index in [0.717, 1.165) is 22.6 Å². The number of hydrogen-bond acceptors (Lipinski definition) is 8. The Kier molecular flexibility index (Phi) is 7.08. The molecule has 30 heavy (non-hydrogen) atoms. The molecule has 0 N–H and O–H groups in total. The maximum absolute atomic E-state index is 12.4. The molecule has 0 aliphatic heterocycles. The van der Waals surface area contributed by atoms with Gasteiger partial charge in [-0.15, -0.1) is 11.3 Å². The van der Waals surface area contributed by atoms with Crippen molar-refractivity contribution in [1.82, 2.24) is 19.9 Å². The highest BCUT2D eigenvalue weighted by Gasteiger charge is 2.20. The number of benzene rings is 1. The molecule has 0 fully saturated rings. The quantitative estimate of drug-likeness (QED) is 0.511. The Morgan fingerprint density at radius 3 is 2.50 bits per heavy atom. The molecule has 156 valence electrons. The highest BCUT2D eigenvalue weighted by atomic mass is 32.1. The van der Waals surface area contributed by atoms with Gasteiger partial charge in [0.25, 0.3) is 5.91 Å². The molecule has 3 aromatic rings. The van der Waals surface area contributed by atoms with Crippen molar-refractivity contribution in [2.24, 2.45) is 0 Å². The van der Waals surface area contributed by atoms with Gasteiger partial charge < -0.3 is 14.4 Å². The summed E-state index contributed by atoms with van der Waals surface area (Å²) in [5.41, 5.74) is 1.47. The fourth-order valence-electron chi connectivity index (χ4n) is 2.61. The minimum atomic E-state index is -0.588. The Labute approximate surface area is 178 Å². The van der Waals surface area contributed by atoms with Gasteiger partial charge in [0.1, 0.15) is 10.6 Å². The van der Waals surface area contributed by atoms with Crippen LogP contribution in [0.15, 0.2) is 42.7 Å². The largest absolute Gasteiger partial charge is 0.494 e. The van der Waals surface area contributed by atoms with E-state index in [2.05, 4.69) is 15.0 Å². The monoisotopic (exact) mass is 426 g/mol. The molecular weight excluding hydrogens is 404 g/mol. The summed E-state index contributed by atoms with van der Waals surface area (Å²) in [5.74, 6) is 0.334. The van der Waals surface area contributed by atoms with Crippen LogP contribution in [-0.2, 0) is 16.1 Å². The van der Waals surface area contributed by atoms with Crippen molar-refractivity contribution in [3.8, 4) is 16.6 Å². The second-order valence-electron chi connectivity index (χ2n) is 6.41. The highest BCUT2D eigenvalue weighted by Crippen LogP contribution is 2.25. The van der Waals surface area contributed by atoms with Crippen LogP contribution < -0.4 is 4.74 Å². The van der Waals surface area contributed by atoms with E-state index in [-0.39, 0.29) is 12.5 Å². The summed E-state index contributed by atoms with van der Waals surface area (Å²) in [7, 11) is 1.66. The fraction of sp³-hybridized carbons (Fsp3) is 0.286. The van der Waals surface area contributed by atoms with Crippen LogP contribution in [0.3, 0.4) is 0 Å². The van der Waals surface area contributed by atoms with Gasteiger partial charge in [0.05, 0.1) is 12.3 Å². The van der Waals surface area contributed by atoms with Crippen LogP contribution in [0.4, 0.5) is 0 Å². The summed E-state index contributed by atoms with van der Waals surface area (Å²) in [5, 5.41) is 0.527. The number of hydrogen-bond donors (Lipinski definition) is 0. The molecular formula is C21H22N4O4S. The molecule has 2 heterocycles. The minimum absolute atomic E-state index is 0.300. The van der Waals surface area contributed by atoms with Gasteiger partial charge in [0.15, 0.2) is 17.4 Å². The number of amides is 1. The van der Waals surface area contributed by atoms with E-state index in [9.17, 15) is 9.59 Å². The summed E-state index contributed by atoms with van der Waals surface area (Å²) in [6, 6.07) is 9.22. The Balaban J connectivity index is 1.55. The van der Waals surface area contributed by atoms with Gasteiger partial charge in [-0.05, 0) is 37.6 Å². The van der Waals surface area contributed by atoms with Gasteiger partial charge >= 0.3 is 5.97 Å². The molecule has 0 unspecified atom stereocenters. The lowest BCUT2D eigenvalue weighted by molar-refractivity contribution is -0.133. The molecule has 8 nitrogen and oxygen atoms in total. The average molecular weight is 426 g/mol. The van der Waals surface area contributed by atoms with E-state index in [1.807, 2.05) is 31.2 Å². The molecule has 0 saturated heterocycles. The lowest BCUT2D eigenvalue weighted by Crippen LogP contribution is -2.30. The van der Waals surface area contributed by atoms with Gasteiger partial charge in [-0.3, -0.25) is 4.79 Å². The number of esters is 1. The molecule has 0 spiro atoms. The third-order valence-electron chi connectivity index (χ3n) is 4.15. The molecule has 0 atom stereocenters. The summed E-state index contributed by atoms with van der Waals surface area (Å²) in [6.07, 6.45) is 3.21. The number of aromatic nitrogens is 3. The van der Waals surface area contributed by atoms with Crippen molar-refractivity contribution in [3.63, 3.8) is 0 Å². The minimum Gasteiger partial charge on any atom is -0.494 e. The van der Waals surface area contributed by atoms with E-state index >= 15 is 0 Å². The van der Waals surface area contributed by atoms with Crippen molar-refractivity contribution < 1.29 is 19.1 Å². The number of carbonyl (C=O) groups is 2. The number of likely N-dealkylation sites (N-methyl/N-ethyl adjacent to an activating group) is 1. The maximum atomic E-state index is 12.4. The SMILES string of the molecule is CCOc1ccc(CN(C)C(=O)COC(=O)c2sc(-c3ncccn3)nc2C)cc1. The van der Waals surface area contributed by atoms with Gasteiger partial charge in [-0.2, -0.15) is 0 Å². The smallest absolute Gasteiger partial charge is 0.350 e. The zero-order valence-corrected chi connectivity index (χ0v) is 17.8. The Morgan fingerprint density at radius 1 is 1.13 bits per heavy atom. The van der Waals surface area contributed by atoms with E-state index in [0.29, 0.717) is 34.6 Å². The Morgan fingerprint density at radius 2 is 1.83 bits per heavy atom. The lowest BCUT2D eigenvalue weighted by atomic mass is 10.2. The van der Waals surface area contributed by atoms with Crippen molar-refractivity contribution in [1.29, 1.82) is 0 Å². The third-order valence-corrected chi connectivity index (χ3v) is 5.28. The van der Waals surface area contributed by atoms with Gasteiger partial charge in [0, 0.05) is 26.0 Å². The molecule has 2 aromatic heterocycles. The zero-order valence-electron chi connectivity index (χ0n) is 17.0. The zero-order chi connectivity index (χ0) is 21.5. The first-order valence-corrected chi connectivity index (χ1v) is 10.2. The Bertz CT molecular complexity index is 1010. The molecule has 1 amide bonds. The van der Waals surface area contributed by atoms with E-state index in [1.165, 1.54) is 4.90 Å². The van der Waals surface area contributed by atoms with Crippen molar-refractivity contribution in [2.75, 3.05) is 20.3 Å². The van der Waals surface area contributed by atoms with E-state index in [4.69, 9.17) is 9.47 Å². The van der Waals surface area contributed by atoms with Crippen LogP contribution in [0.5, 0.6) is 5.75 Å². The van der Waals surface area contributed by atoms with Crippen LogP contribution >= 0.6 is 11.3 Å². The molecule has 0 radical (unpaired) electrons. The second-order valence-corrected chi connectivity index (χ2v) is 7.41. The second kappa shape index (κ2) is 9.93. The van der Waals surface area contributed by atoms with Crippen molar-refractivity contribution >= 4 is 23.2 Å². The summed E-state index contributed by atoms with van der Waals surface area (Å²) in [6.45, 7) is 4.28.